The third-order valence-electron chi connectivity index (χ3n) is 4.43. The lowest BCUT2D eigenvalue weighted by atomic mass is 10.2. The average Bonchev–Trinajstić information content (AvgIpc) is 3.37. The van der Waals surface area contributed by atoms with Crippen molar-refractivity contribution in [3.8, 4) is 0 Å². The van der Waals surface area contributed by atoms with Gasteiger partial charge in [0.15, 0.2) is 0 Å². The quantitative estimate of drug-likeness (QED) is 0.672. The number of nitrogens with one attached hydrogen (secondary N) is 2. The topological polar surface area (TPSA) is 49.8 Å². The molecule has 4 nitrogen and oxygen atoms in total. The number of nitrogens with zero attached hydrogens (tertiary/aromatic N) is 2. The molecule has 0 unspecified atom stereocenters. The Morgan fingerprint density at radius 3 is 2.24 bits per heavy atom. The van der Waals surface area contributed by atoms with E-state index in [2.05, 4.69) is 24.5 Å². The van der Waals surface area contributed by atoms with Crippen LogP contribution in [-0.2, 0) is 0 Å². The van der Waals surface area contributed by atoms with Crippen LogP contribution in [0.1, 0.15) is 69.2 Å². The van der Waals surface area contributed by atoms with E-state index in [-0.39, 0.29) is 0 Å². The Bertz CT molecular complexity index is 478. The van der Waals surface area contributed by atoms with E-state index in [1.54, 1.807) is 0 Å². The van der Waals surface area contributed by atoms with E-state index >= 15 is 0 Å². The molecule has 0 aliphatic heterocycles. The van der Waals surface area contributed by atoms with Gasteiger partial charge in [-0.25, -0.2) is 9.97 Å². The van der Waals surface area contributed by atoms with E-state index < -0.39 is 0 Å². The summed E-state index contributed by atoms with van der Waals surface area (Å²) in [5.74, 6) is 4.71. The zero-order chi connectivity index (χ0) is 14.7. The summed E-state index contributed by atoms with van der Waals surface area (Å²) in [7, 11) is 0. The van der Waals surface area contributed by atoms with Crippen molar-refractivity contribution in [2.24, 2.45) is 5.92 Å². The molecule has 0 saturated heterocycles. The first-order valence-corrected chi connectivity index (χ1v) is 8.64. The minimum atomic E-state index is 0.597. The second-order valence-corrected chi connectivity index (χ2v) is 6.62. The molecule has 1 heterocycles. The van der Waals surface area contributed by atoms with Gasteiger partial charge in [-0.05, 0) is 44.9 Å². The highest BCUT2D eigenvalue weighted by Gasteiger charge is 2.28. The molecule has 1 aromatic heterocycles. The van der Waals surface area contributed by atoms with Crippen molar-refractivity contribution in [1.82, 2.24) is 9.97 Å². The molecule has 21 heavy (non-hydrogen) atoms. The summed E-state index contributed by atoms with van der Waals surface area (Å²) < 4.78 is 0. The fourth-order valence-electron chi connectivity index (χ4n) is 2.65. The van der Waals surface area contributed by atoms with Crippen LogP contribution in [0.3, 0.4) is 0 Å². The molecule has 0 aromatic carbocycles. The van der Waals surface area contributed by atoms with Crippen LogP contribution in [0.4, 0.5) is 11.6 Å². The van der Waals surface area contributed by atoms with E-state index in [0.717, 1.165) is 42.9 Å². The van der Waals surface area contributed by atoms with Crippen LogP contribution in [0, 0.1) is 12.8 Å². The molecule has 2 aliphatic carbocycles. The molecule has 1 aromatic rings. The Morgan fingerprint density at radius 2 is 1.67 bits per heavy atom. The molecule has 2 fully saturated rings. The maximum atomic E-state index is 4.77. The van der Waals surface area contributed by atoms with Crippen LogP contribution in [0.5, 0.6) is 0 Å². The molecular weight excluding hydrogens is 260 g/mol. The van der Waals surface area contributed by atoms with Gasteiger partial charge in [0.05, 0.1) is 0 Å². The van der Waals surface area contributed by atoms with Crippen LogP contribution >= 0.6 is 0 Å². The number of hydrogen-bond acceptors (Lipinski definition) is 4. The molecule has 0 radical (unpaired) electrons. The van der Waals surface area contributed by atoms with Gasteiger partial charge < -0.3 is 10.6 Å². The first kappa shape index (κ1) is 14.6. The van der Waals surface area contributed by atoms with Crippen molar-refractivity contribution < 1.29 is 0 Å². The fraction of sp³-hybridized carbons (Fsp3) is 0.765. The minimum Gasteiger partial charge on any atom is -0.370 e. The van der Waals surface area contributed by atoms with Crippen LogP contribution in [0.2, 0.25) is 0 Å². The predicted octanol–water partition coefficient (Wildman–Crippen LogP) is 4.09. The second-order valence-electron chi connectivity index (χ2n) is 6.62. The highest BCUT2D eigenvalue weighted by molar-refractivity contribution is 5.57. The van der Waals surface area contributed by atoms with Gasteiger partial charge in [0.1, 0.15) is 17.5 Å². The zero-order valence-electron chi connectivity index (χ0n) is 13.4. The van der Waals surface area contributed by atoms with E-state index in [4.69, 9.17) is 9.97 Å². The number of aromatic nitrogens is 2. The summed E-state index contributed by atoms with van der Waals surface area (Å²) in [4.78, 5) is 9.51. The Kier molecular flexibility index (Phi) is 4.61. The van der Waals surface area contributed by atoms with Gasteiger partial charge in [0.2, 0.25) is 0 Å². The monoisotopic (exact) mass is 288 g/mol. The molecule has 0 atom stereocenters. The van der Waals surface area contributed by atoms with Crippen LogP contribution < -0.4 is 10.6 Å². The van der Waals surface area contributed by atoms with Crippen molar-refractivity contribution in [2.45, 2.75) is 64.7 Å². The van der Waals surface area contributed by atoms with Crippen molar-refractivity contribution in [1.29, 1.82) is 0 Å². The Hall–Kier alpha value is -1.32. The maximum absolute atomic E-state index is 4.77. The lowest BCUT2D eigenvalue weighted by molar-refractivity contribution is 0.685. The summed E-state index contributed by atoms with van der Waals surface area (Å²) in [5.41, 5.74) is 1.17. The molecule has 0 amide bonds. The van der Waals surface area contributed by atoms with E-state index in [0.29, 0.717) is 5.92 Å². The molecule has 0 spiro atoms. The van der Waals surface area contributed by atoms with E-state index in [1.165, 1.54) is 44.1 Å². The van der Waals surface area contributed by atoms with Gasteiger partial charge in [-0.15, -0.1) is 0 Å². The summed E-state index contributed by atoms with van der Waals surface area (Å²) in [6, 6.07) is 0. The van der Waals surface area contributed by atoms with Crippen LogP contribution in [-0.4, -0.2) is 23.1 Å². The Labute approximate surface area is 128 Å². The highest BCUT2D eigenvalue weighted by atomic mass is 15.1. The molecule has 2 saturated carbocycles. The van der Waals surface area contributed by atoms with Gasteiger partial charge >= 0.3 is 0 Å². The lowest BCUT2D eigenvalue weighted by Gasteiger charge is -2.15. The van der Waals surface area contributed by atoms with Crippen LogP contribution in [0.15, 0.2) is 0 Å². The number of rotatable bonds is 9. The number of hydrogen-bond donors (Lipinski definition) is 2. The molecule has 4 heteroatoms. The van der Waals surface area contributed by atoms with Gasteiger partial charge in [-0.1, -0.05) is 19.8 Å². The van der Waals surface area contributed by atoms with Crippen molar-refractivity contribution >= 4 is 11.6 Å². The average molecular weight is 288 g/mol. The Morgan fingerprint density at radius 1 is 1.00 bits per heavy atom. The largest absolute Gasteiger partial charge is 0.370 e. The molecule has 3 rings (SSSR count). The molecule has 2 N–H and O–H groups in total. The molecule has 0 bridgehead atoms. The second kappa shape index (κ2) is 6.63. The van der Waals surface area contributed by atoms with E-state index in [9.17, 15) is 0 Å². The van der Waals surface area contributed by atoms with Crippen molar-refractivity contribution in [3.63, 3.8) is 0 Å². The highest BCUT2D eigenvalue weighted by Crippen LogP contribution is 2.39. The van der Waals surface area contributed by atoms with Crippen molar-refractivity contribution in [2.75, 3.05) is 23.7 Å². The minimum absolute atomic E-state index is 0.597. The first-order chi connectivity index (χ1) is 10.3. The maximum Gasteiger partial charge on any atom is 0.136 e. The van der Waals surface area contributed by atoms with Crippen LogP contribution in [0.25, 0.3) is 0 Å². The van der Waals surface area contributed by atoms with E-state index in [1.807, 2.05) is 0 Å². The molecule has 116 valence electrons. The fourth-order valence-corrected chi connectivity index (χ4v) is 2.65. The lowest BCUT2D eigenvalue weighted by Crippen LogP contribution is -2.12. The third kappa shape index (κ3) is 4.08. The summed E-state index contributed by atoms with van der Waals surface area (Å²) in [5, 5.41) is 7.00. The van der Waals surface area contributed by atoms with Gasteiger partial charge in [-0.2, -0.15) is 0 Å². The standard InChI is InChI=1S/C17H28N4/c1-3-10-18-15-12(2)16(19-11-4-5-13-6-7-13)21-17(20-15)14-8-9-14/h13-14H,3-11H2,1-2H3,(H2,18,19,20,21). The van der Waals surface area contributed by atoms with Gasteiger partial charge in [0.25, 0.3) is 0 Å². The molecule has 2 aliphatic rings. The third-order valence-corrected chi connectivity index (χ3v) is 4.43. The predicted molar refractivity (Wildman–Crippen MR) is 88.0 cm³/mol. The Balaban J connectivity index is 1.65. The summed E-state index contributed by atoms with van der Waals surface area (Å²) >= 11 is 0. The van der Waals surface area contributed by atoms with Crippen molar-refractivity contribution in [3.05, 3.63) is 11.4 Å². The first-order valence-electron chi connectivity index (χ1n) is 8.64. The SMILES string of the molecule is CCCNc1nc(C2CC2)nc(NCCCC2CC2)c1C. The summed E-state index contributed by atoms with van der Waals surface area (Å²) in [6.45, 7) is 6.31. The van der Waals surface area contributed by atoms with Gasteiger partial charge in [0, 0.05) is 24.6 Å². The smallest absolute Gasteiger partial charge is 0.136 e. The normalized spacial score (nSPS) is 17.8. The molecular formula is C17H28N4. The van der Waals surface area contributed by atoms with Gasteiger partial charge in [-0.3, -0.25) is 0 Å². The number of anilines is 2. The summed E-state index contributed by atoms with van der Waals surface area (Å²) in [6.07, 6.45) is 9.13. The zero-order valence-corrected chi connectivity index (χ0v) is 13.4.